The van der Waals surface area contributed by atoms with Crippen molar-refractivity contribution in [3.8, 4) is 0 Å². The molecule has 1 aromatic heterocycles. The van der Waals surface area contributed by atoms with E-state index in [0.717, 1.165) is 6.92 Å². The molecule has 3 atom stereocenters. The van der Waals surface area contributed by atoms with Crippen LogP contribution in [0.5, 0.6) is 0 Å². The molecule has 8 nitrogen and oxygen atoms in total. The van der Waals surface area contributed by atoms with E-state index in [9.17, 15) is 24.3 Å². The Bertz CT molecular complexity index is 736. The minimum Gasteiger partial charge on any atom is -0.478 e. The van der Waals surface area contributed by atoms with Gasteiger partial charge in [-0.15, -0.1) is 23.1 Å². The summed E-state index contributed by atoms with van der Waals surface area (Å²) < 4.78 is 5.02. The molecule has 3 rings (SSSR count). The topological polar surface area (TPSA) is 104 Å². The van der Waals surface area contributed by atoms with E-state index in [1.165, 1.54) is 39.8 Å². The highest BCUT2D eigenvalue weighted by Crippen LogP contribution is 2.43. The highest BCUT2D eigenvalue weighted by molar-refractivity contribution is 8.00. The number of thiophene rings is 1. The smallest absolute Gasteiger partial charge is 0.350 e. The van der Waals surface area contributed by atoms with E-state index in [1.807, 2.05) is 5.38 Å². The lowest BCUT2D eigenvalue weighted by Crippen LogP contribution is -2.76. The summed E-state index contributed by atoms with van der Waals surface area (Å²) in [6, 6.07) is 2.88. The molecule has 1 N–H and O–H groups in total. The van der Waals surface area contributed by atoms with Crippen LogP contribution in [0, 0.1) is 0 Å². The number of carboxylic acid groups (broad SMARTS) is 1. The second-order valence-corrected chi connectivity index (χ2v) is 7.88. The van der Waals surface area contributed by atoms with E-state index in [-0.39, 0.29) is 29.5 Å². The predicted octanol–water partition coefficient (Wildman–Crippen LogP) is 0.771. The van der Waals surface area contributed by atoms with Gasteiger partial charge in [0, 0.05) is 19.6 Å². The van der Waals surface area contributed by atoms with E-state index in [4.69, 9.17) is 4.74 Å². The fourth-order valence-electron chi connectivity index (χ4n) is 3.04. The summed E-state index contributed by atoms with van der Waals surface area (Å²) in [5, 5.41) is 11.6. The van der Waals surface area contributed by atoms with Gasteiger partial charge in [-0.2, -0.15) is 0 Å². The number of rotatable bonds is 4. The van der Waals surface area contributed by atoms with Crippen LogP contribution in [0.4, 0.5) is 5.00 Å². The summed E-state index contributed by atoms with van der Waals surface area (Å²) in [5.41, 5.74) is -1.75. The first-order valence-electron chi connectivity index (χ1n) is 7.45. The molecule has 1 aromatic rings. The first-order chi connectivity index (χ1) is 11.8. The third kappa shape index (κ3) is 2.89. The van der Waals surface area contributed by atoms with Crippen molar-refractivity contribution in [2.24, 2.45) is 0 Å². The zero-order valence-electron chi connectivity index (χ0n) is 13.5. The van der Waals surface area contributed by atoms with E-state index < -0.39 is 23.6 Å². The lowest BCUT2D eigenvalue weighted by molar-refractivity contribution is -0.181. The number of carboxylic acids is 1. The SMILES string of the molecule is CC(=O)OC1(C(=O)O)CS[C@@H]2C(N(C(C)=O)c3cccs3)C(=O)N2C1. The minimum atomic E-state index is -1.75. The second-order valence-electron chi connectivity index (χ2n) is 5.85. The number of aliphatic carboxylic acids is 1. The van der Waals surface area contributed by atoms with Crippen molar-refractivity contribution in [1.82, 2.24) is 4.90 Å². The summed E-state index contributed by atoms with van der Waals surface area (Å²) in [7, 11) is 0. The standard InChI is InChI=1S/C15H16N2O6S2/c1-8(18)17(10-4-3-5-24-10)11-12(20)16-6-15(14(21)22,23-9(2)19)7-25-13(11)16/h3-5,11,13H,6-7H2,1-2H3,(H,21,22)/t11?,13-,15?/m1/s1. The van der Waals surface area contributed by atoms with Crippen molar-refractivity contribution < 1.29 is 29.0 Å². The van der Waals surface area contributed by atoms with Gasteiger partial charge in [0.1, 0.15) is 11.4 Å². The van der Waals surface area contributed by atoms with Crippen LogP contribution in [0.15, 0.2) is 17.5 Å². The van der Waals surface area contributed by atoms with Crippen molar-refractivity contribution in [3.05, 3.63) is 17.5 Å². The van der Waals surface area contributed by atoms with Gasteiger partial charge in [0.2, 0.25) is 17.4 Å². The van der Waals surface area contributed by atoms with Crippen molar-refractivity contribution in [2.45, 2.75) is 30.9 Å². The van der Waals surface area contributed by atoms with Crippen molar-refractivity contribution >= 4 is 51.9 Å². The summed E-state index contributed by atoms with van der Waals surface area (Å²) in [6.45, 7) is 2.31. The highest BCUT2D eigenvalue weighted by atomic mass is 32.2. The first-order valence-corrected chi connectivity index (χ1v) is 9.38. The Labute approximate surface area is 151 Å². The molecule has 0 spiro atoms. The molecule has 25 heavy (non-hydrogen) atoms. The predicted molar refractivity (Wildman–Crippen MR) is 91.4 cm³/mol. The number of amides is 2. The lowest BCUT2D eigenvalue weighted by Gasteiger charge is -2.55. The van der Waals surface area contributed by atoms with E-state index in [0.29, 0.717) is 5.00 Å². The summed E-state index contributed by atoms with van der Waals surface area (Å²) in [6.07, 6.45) is 0. The van der Waals surface area contributed by atoms with Gasteiger partial charge in [-0.3, -0.25) is 19.3 Å². The number of fused-ring (bicyclic) bond motifs is 1. The monoisotopic (exact) mass is 384 g/mol. The number of carbonyl (C=O) groups is 4. The van der Waals surface area contributed by atoms with Crippen LogP contribution in [-0.2, 0) is 23.9 Å². The van der Waals surface area contributed by atoms with Gasteiger partial charge in [-0.05, 0) is 17.5 Å². The second kappa shape index (κ2) is 6.34. The fraction of sp³-hybridized carbons (Fsp3) is 0.467. The van der Waals surface area contributed by atoms with Gasteiger partial charge in [0.15, 0.2) is 0 Å². The van der Waals surface area contributed by atoms with Gasteiger partial charge in [-0.1, -0.05) is 0 Å². The Hall–Kier alpha value is -2.07. The van der Waals surface area contributed by atoms with E-state index >= 15 is 0 Å². The molecule has 0 saturated carbocycles. The number of thioether (sulfide) groups is 1. The number of carbonyl (C=O) groups excluding carboxylic acids is 3. The van der Waals surface area contributed by atoms with Crippen LogP contribution < -0.4 is 4.90 Å². The molecule has 134 valence electrons. The third-order valence-electron chi connectivity index (χ3n) is 4.12. The van der Waals surface area contributed by atoms with Crippen LogP contribution in [0.25, 0.3) is 0 Å². The molecule has 10 heteroatoms. The molecular formula is C15H16N2O6S2. The Kier molecular flexibility index (Phi) is 4.50. The van der Waals surface area contributed by atoms with Crippen LogP contribution in [-0.4, -0.2) is 63.1 Å². The van der Waals surface area contributed by atoms with Crippen LogP contribution in [0.3, 0.4) is 0 Å². The maximum absolute atomic E-state index is 12.6. The van der Waals surface area contributed by atoms with E-state index in [1.54, 1.807) is 12.1 Å². The van der Waals surface area contributed by atoms with Crippen LogP contribution in [0.2, 0.25) is 0 Å². The van der Waals surface area contributed by atoms with Crippen LogP contribution >= 0.6 is 23.1 Å². The minimum absolute atomic E-state index is 0.0169. The summed E-state index contributed by atoms with van der Waals surface area (Å²) in [5.74, 6) is -2.58. The molecule has 0 radical (unpaired) electrons. The molecule has 2 amide bonds. The average molecular weight is 384 g/mol. The number of anilines is 1. The van der Waals surface area contributed by atoms with Gasteiger partial charge in [0.05, 0.1) is 11.5 Å². The average Bonchev–Trinajstić information content (AvgIpc) is 3.05. The molecule has 2 aliphatic rings. The number of β-lactam (4-membered cyclic amide) rings is 1. The highest BCUT2D eigenvalue weighted by Gasteiger charge is 2.61. The van der Waals surface area contributed by atoms with Crippen molar-refractivity contribution in [3.63, 3.8) is 0 Å². The summed E-state index contributed by atoms with van der Waals surface area (Å²) in [4.78, 5) is 50.4. The molecule has 2 fully saturated rings. The maximum atomic E-state index is 12.6. The molecule has 3 heterocycles. The van der Waals surface area contributed by atoms with Crippen LogP contribution in [0.1, 0.15) is 13.8 Å². The number of hydrogen-bond acceptors (Lipinski definition) is 7. The Morgan fingerprint density at radius 1 is 1.40 bits per heavy atom. The molecule has 2 aliphatic heterocycles. The molecular weight excluding hydrogens is 368 g/mol. The third-order valence-corrected chi connectivity index (χ3v) is 6.47. The van der Waals surface area contributed by atoms with Gasteiger partial charge >= 0.3 is 11.9 Å². The molecule has 2 unspecified atom stereocenters. The number of nitrogens with zero attached hydrogens (tertiary/aromatic N) is 2. The molecule has 2 saturated heterocycles. The lowest BCUT2D eigenvalue weighted by atomic mass is 9.98. The Balaban J connectivity index is 1.83. The number of ether oxygens (including phenoxy) is 1. The maximum Gasteiger partial charge on any atom is 0.350 e. The van der Waals surface area contributed by atoms with Gasteiger partial charge < -0.3 is 14.7 Å². The Morgan fingerprint density at radius 3 is 2.64 bits per heavy atom. The molecule has 0 aliphatic carbocycles. The largest absolute Gasteiger partial charge is 0.478 e. The van der Waals surface area contributed by atoms with Gasteiger partial charge in [0.25, 0.3) is 0 Å². The fourth-order valence-corrected chi connectivity index (χ4v) is 5.34. The van der Waals surface area contributed by atoms with Gasteiger partial charge in [-0.25, -0.2) is 4.79 Å². The molecule has 0 bridgehead atoms. The zero-order chi connectivity index (χ0) is 18.4. The normalized spacial score (nSPS) is 27.9. The Morgan fingerprint density at radius 2 is 2.12 bits per heavy atom. The van der Waals surface area contributed by atoms with E-state index in [2.05, 4.69) is 0 Å². The summed E-state index contributed by atoms with van der Waals surface area (Å²) >= 11 is 2.56. The number of esters is 1. The quantitative estimate of drug-likeness (QED) is 0.604. The van der Waals surface area contributed by atoms with Crippen molar-refractivity contribution in [2.75, 3.05) is 17.2 Å². The zero-order valence-corrected chi connectivity index (χ0v) is 15.1. The first kappa shape index (κ1) is 17.7. The molecule has 0 aromatic carbocycles. The number of hydrogen-bond donors (Lipinski definition) is 1. The van der Waals surface area contributed by atoms with Crippen molar-refractivity contribution in [1.29, 1.82) is 0 Å².